The summed E-state index contributed by atoms with van der Waals surface area (Å²) >= 11 is 3.30. The molecule has 0 aliphatic carbocycles. The van der Waals surface area contributed by atoms with Gasteiger partial charge in [0, 0.05) is 15.6 Å². The van der Waals surface area contributed by atoms with Crippen LogP contribution in [0.2, 0.25) is 0 Å². The van der Waals surface area contributed by atoms with Gasteiger partial charge in [-0.2, -0.15) is 13.2 Å². The van der Waals surface area contributed by atoms with E-state index >= 15 is 0 Å². The highest BCUT2D eigenvalue weighted by molar-refractivity contribution is 9.10. The highest BCUT2D eigenvalue weighted by atomic mass is 79.9. The second-order valence-corrected chi connectivity index (χ2v) is 4.97. The summed E-state index contributed by atoms with van der Waals surface area (Å²) in [7, 11) is 0. The largest absolute Gasteiger partial charge is 0.416 e. The smallest absolute Gasteiger partial charge is 0.390 e. The Hall–Kier alpha value is -1.82. The molecule has 0 heterocycles. The Morgan fingerprint density at radius 1 is 1.05 bits per heavy atom. The number of halogens is 4. The summed E-state index contributed by atoms with van der Waals surface area (Å²) < 4.78 is 39.1. The van der Waals surface area contributed by atoms with Crippen LogP contribution in [0.3, 0.4) is 0 Å². The second-order valence-electron chi connectivity index (χ2n) is 4.11. The molecular weight excluding hydrogens is 347 g/mol. The zero-order valence-electron chi connectivity index (χ0n) is 10.7. The van der Waals surface area contributed by atoms with Crippen molar-refractivity contribution in [2.24, 2.45) is 5.16 Å². The Morgan fingerprint density at radius 3 is 2.43 bits per heavy atom. The van der Waals surface area contributed by atoms with Crippen LogP contribution in [0.15, 0.2) is 58.2 Å². The molecule has 21 heavy (non-hydrogen) atoms. The van der Waals surface area contributed by atoms with Gasteiger partial charge in [0.25, 0.3) is 0 Å². The van der Waals surface area contributed by atoms with Gasteiger partial charge in [-0.3, -0.25) is 0 Å². The maximum Gasteiger partial charge on any atom is 0.416 e. The molecule has 2 nitrogen and oxygen atoms in total. The summed E-state index contributed by atoms with van der Waals surface area (Å²) in [6.07, 6.45) is -1.79. The van der Waals surface area contributed by atoms with Crippen LogP contribution in [0, 0.1) is 0 Å². The van der Waals surface area contributed by atoms with Gasteiger partial charge in [0.05, 0.1) is 5.56 Å². The van der Waals surface area contributed by atoms with E-state index in [4.69, 9.17) is 4.84 Å². The molecule has 0 spiro atoms. The van der Waals surface area contributed by atoms with Gasteiger partial charge in [0.1, 0.15) is 12.8 Å². The molecule has 0 aromatic heterocycles. The van der Waals surface area contributed by atoms with Crippen LogP contribution in [0.1, 0.15) is 16.7 Å². The molecule has 0 amide bonds. The van der Waals surface area contributed by atoms with E-state index in [9.17, 15) is 13.2 Å². The first-order valence-corrected chi connectivity index (χ1v) is 6.75. The molecule has 109 valence electrons. The van der Waals surface area contributed by atoms with Crippen molar-refractivity contribution in [2.45, 2.75) is 12.8 Å². The van der Waals surface area contributed by atoms with Crippen molar-refractivity contribution in [1.82, 2.24) is 0 Å². The zero-order chi connectivity index (χ0) is 15.3. The van der Waals surface area contributed by atoms with Crippen molar-refractivity contribution in [3.8, 4) is 0 Å². The van der Waals surface area contributed by atoms with Gasteiger partial charge in [-0.25, -0.2) is 0 Å². The van der Waals surface area contributed by atoms with Crippen molar-refractivity contribution < 1.29 is 18.0 Å². The van der Waals surface area contributed by atoms with Crippen molar-refractivity contribution in [3.63, 3.8) is 0 Å². The normalized spacial score (nSPS) is 11.8. The van der Waals surface area contributed by atoms with Crippen molar-refractivity contribution in [3.05, 3.63) is 69.7 Å². The molecule has 0 bridgehead atoms. The number of nitrogens with zero attached hydrogens (tertiary/aromatic N) is 1. The van der Waals surface area contributed by atoms with E-state index < -0.39 is 11.7 Å². The van der Waals surface area contributed by atoms with Crippen LogP contribution in [0.4, 0.5) is 13.2 Å². The number of rotatable bonds is 4. The Morgan fingerprint density at radius 2 is 1.71 bits per heavy atom. The summed E-state index contributed by atoms with van der Waals surface area (Å²) in [4.78, 5) is 4.91. The van der Waals surface area contributed by atoms with Gasteiger partial charge in [-0.1, -0.05) is 57.5 Å². The summed E-state index contributed by atoms with van der Waals surface area (Å²) in [6, 6.07) is 12.4. The quantitative estimate of drug-likeness (QED) is 0.564. The van der Waals surface area contributed by atoms with E-state index in [1.807, 2.05) is 6.07 Å². The van der Waals surface area contributed by atoms with Gasteiger partial charge in [-0.15, -0.1) is 0 Å². The molecule has 0 aliphatic rings. The fourth-order valence-corrected chi connectivity index (χ4v) is 2.03. The van der Waals surface area contributed by atoms with Gasteiger partial charge in [0.15, 0.2) is 0 Å². The number of hydrogen-bond donors (Lipinski definition) is 0. The maximum atomic E-state index is 12.8. The Bertz CT molecular complexity index is 641. The summed E-state index contributed by atoms with van der Waals surface area (Å²) in [5, 5.41) is 3.57. The summed E-state index contributed by atoms with van der Waals surface area (Å²) in [5.41, 5.74) is -0.0367. The first-order valence-electron chi connectivity index (χ1n) is 5.96. The third kappa shape index (κ3) is 4.32. The van der Waals surface area contributed by atoms with E-state index in [1.165, 1.54) is 18.2 Å². The van der Waals surface area contributed by atoms with E-state index in [0.29, 0.717) is 5.56 Å². The summed E-state index contributed by atoms with van der Waals surface area (Å²) in [6.45, 7) is -0.271. The van der Waals surface area contributed by atoms with Gasteiger partial charge >= 0.3 is 6.18 Å². The molecule has 2 aromatic carbocycles. The van der Waals surface area contributed by atoms with Crippen molar-refractivity contribution in [2.75, 3.05) is 0 Å². The molecule has 0 N–H and O–H groups in total. The minimum atomic E-state index is -4.41. The van der Waals surface area contributed by atoms with Crippen LogP contribution in [0.25, 0.3) is 0 Å². The number of benzene rings is 2. The second kappa shape index (κ2) is 6.76. The fourth-order valence-electron chi connectivity index (χ4n) is 1.66. The predicted molar refractivity (Wildman–Crippen MR) is 76.9 cm³/mol. The molecule has 0 atom stereocenters. The molecule has 0 fully saturated rings. The van der Waals surface area contributed by atoms with E-state index in [2.05, 4.69) is 27.3 Å². The van der Waals surface area contributed by atoms with Crippen molar-refractivity contribution in [1.29, 1.82) is 0 Å². The lowest BCUT2D eigenvalue weighted by Gasteiger charge is -2.11. The molecule has 0 saturated carbocycles. The molecule has 2 aromatic rings. The molecule has 0 saturated heterocycles. The lowest BCUT2D eigenvalue weighted by Crippen LogP contribution is -2.09. The van der Waals surface area contributed by atoms with Crippen LogP contribution in [-0.4, -0.2) is 6.21 Å². The predicted octanol–water partition coefficient (Wildman–Crippen LogP) is 4.90. The number of hydrogen-bond acceptors (Lipinski definition) is 2. The standard InChI is InChI=1S/C15H10BrF3NO/c16-14-8-4-2-5-11(14)9-20-21-10-12-6-1-3-7-13(12)15(17,18)19/h1-8H,10H2. The maximum absolute atomic E-state index is 12.8. The number of alkyl halides is 3. The Labute approximate surface area is 128 Å². The third-order valence-electron chi connectivity index (χ3n) is 2.65. The lowest BCUT2D eigenvalue weighted by molar-refractivity contribution is -0.138. The zero-order valence-corrected chi connectivity index (χ0v) is 12.3. The van der Waals surface area contributed by atoms with E-state index in [1.54, 1.807) is 18.2 Å². The first kappa shape index (κ1) is 15.6. The molecular formula is C15H10BrF3NO. The molecule has 0 unspecified atom stereocenters. The molecule has 1 radical (unpaired) electrons. The average Bonchev–Trinajstić information content (AvgIpc) is 2.45. The third-order valence-corrected chi connectivity index (χ3v) is 3.34. The van der Waals surface area contributed by atoms with Crippen LogP contribution < -0.4 is 0 Å². The van der Waals surface area contributed by atoms with Gasteiger partial charge in [-0.05, 0) is 12.1 Å². The van der Waals surface area contributed by atoms with Crippen LogP contribution in [-0.2, 0) is 17.6 Å². The summed E-state index contributed by atoms with van der Waals surface area (Å²) in [5.74, 6) is 0. The molecule has 6 heteroatoms. The monoisotopic (exact) mass is 356 g/mol. The topological polar surface area (TPSA) is 21.6 Å². The molecule has 0 aliphatic heterocycles. The Kier molecular flexibility index (Phi) is 5.01. The Balaban J connectivity index is 2.03. The van der Waals surface area contributed by atoms with E-state index in [-0.39, 0.29) is 12.2 Å². The van der Waals surface area contributed by atoms with Gasteiger partial charge in [0.2, 0.25) is 0 Å². The van der Waals surface area contributed by atoms with E-state index in [0.717, 1.165) is 10.5 Å². The lowest BCUT2D eigenvalue weighted by atomic mass is 10.1. The minimum absolute atomic E-state index is 0.0303. The van der Waals surface area contributed by atoms with Crippen LogP contribution >= 0.6 is 15.9 Å². The highest BCUT2D eigenvalue weighted by Gasteiger charge is 2.32. The average molecular weight is 357 g/mol. The van der Waals surface area contributed by atoms with Crippen LogP contribution in [0.5, 0.6) is 0 Å². The molecule has 2 rings (SSSR count). The SMILES string of the molecule is FC(F)(F)c1ccccc1CO/N=[C]\c1ccccc1Br. The van der Waals surface area contributed by atoms with Gasteiger partial charge < -0.3 is 4.84 Å². The minimum Gasteiger partial charge on any atom is -0.390 e. The fraction of sp³-hybridized carbons (Fsp3) is 0.133. The highest BCUT2D eigenvalue weighted by Crippen LogP contribution is 2.32. The van der Waals surface area contributed by atoms with Crippen molar-refractivity contribution >= 4 is 22.1 Å². The first-order chi connectivity index (χ1) is 9.98.